The normalized spacial score (nSPS) is 12.0. The lowest BCUT2D eigenvalue weighted by Gasteiger charge is -2.28. The molecular formula is C28H30N4O2. The fraction of sp³-hybridized carbons (Fsp3) is 0.214. The van der Waals surface area contributed by atoms with Crippen molar-refractivity contribution in [3.05, 3.63) is 95.7 Å². The molecule has 0 radical (unpaired) electrons. The molecule has 0 fully saturated rings. The lowest BCUT2D eigenvalue weighted by atomic mass is 10.0. The van der Waals surface area contributed by atoms with Crippen molar-refractivity contribution in [2.24, 2.45) is 0 Å². The zero-order valence-electron chi connectivity index (χ0n) is 19.7. The second-order valence-electron chi connectivity index (χ2n) is 8.88. The molecule has 6 heteroatoms. The summed E-state index contributed by atoms with van der Waals surface area (Å²) in [5, 5.41) is 3.98. The molecular weight excluding hydrogens is 424 g/mol. The summed E-state index contributed by atoms with van der Waals surface area (Å²) in [5.74, 6) is -0.0331. The number of anilines is 2. The Bertz CT molecular complexity index is 1290. The SMILES string of the molecule is CC(C)c1ccc(NC(=O)C(c2ccc(N)cc2)N(C)C(=O)Cc2c[nH]c3ccccc23)cc1. The van der Waals surface area contributed by atoms with Crippen LogP contribution in [-0.2, 0) is 16.0 Å². The number of likely N-dealkylation sites (N-methyl/N-ethyl adjacent to an activating group) is 1. The van der Waals surface area contributed by atoms with Crippen molar-refractivity contribution in [1.29, 1.82) is 0 Å². The molecule has 4 N–H and O–H groups in total. The average Bonchev–Trinajstić information content (AvgIpc) is 3.23. The summed E-state index contributed by atoms with van der Waals surface area (Å²) in [4.78, 5) is 31.5. The van der Waals surface area contributed by atoms with Crippen LogP contribution in [-0.4, -0.2) is 28.7 Å². The third kappa shape index (κ3) is 4.96. The molecule has 4 rings (SSSR count). The first-order valence-corrected chi connectivity index (χ1v) is 11.4. The Morgan fingerprint density at radius 2 is 1.59 bits per heavy atom. The van der Waals surface area contributed by atoms with Crippen LogP contribution >= 0.6 is 0 Å². The predicted molar refractivity (Wildman–Crippen MR) is 138 cm³/mol. The predicted octanol–water partition coefficient (Wildman–Crippen LogP) is 5.25. The molecule has 1 aromatic heterocycles. The number of benzene rings is 3. The molecule has 1 heterocycles. The first-order valence-electron chi connectivity index (χ1n) is 11.4. The van der Waals surface area contributed by atoms with Crippen molar-refractivity contribution in [2.45, 2.75) is 32.2 Å². The summed E-state index contributed by atoms with van der Waals surface area (Å²) in [7, 11) is 1.67. The molecule has 1 unspecified atom stereocenters. The maximum atomic E-state index is 13.4. The first kappa shape index (κ1) is 23.1. The van der Waals surface area contributed by atoms with Gasteiger partial charge in [-0.25, -0.2) is 0 Å². The number of nitrogens with one attached hydrogen (secondary N) is 2. The highest BCUT2D eigenvalue weighted by molar-refractivity contribution is 5.98. The van der Waals surface area contributed by atoms with Gasteiger partial charge in [0.1, 0.15) is 6.04 Å². The van der Waals surface area contributed by atoms with Crippen molar-refractivity contribution < 1.29 is 9.59 Å². The zero-order chi connectivity index (χ0) is 24.2. The van der Waals surface area contributed by atoms with Crippen LogP contribution in [0.5, 0.6) is 0 Å². The molecule has 3 aromatic carbocycles. The minimum absolute atomic E-state index is 0.156. The Morgan fingerprint density at radius 3 is 2.26 bits per heavy atom. The Balaban J connectivity index is 1.58. The van der Waals surface area contributed by atoms with Crippen LogP contribution in [0.1, 0.15) is 42.5 Å². The number of amides is 2. The zero-order valence-corrected chi connectivity index (χ0v) is 19.7. The highest BCUT2D eigenvalue weighted by Crippen LogP contribution is 2.26. The molecule has 0 aliphatic carbocycles. The summed E-state index contributed by atoms with van der Waals surface area (Å²) >= 11 is 0. The Labute approximate surface area is 199 Å². The minimum Gasteiger partial charge on any atom is -0.399 e. The van der Waals surface area contributed by atoms with Crippen LogP contribution in [0.3, 0.4) is 0 Å². The largest absolute Gasteiger partial charge is 0.399 e. The highest BCUT2D eigenvalue weighted by Gasteiger charge is 2.29. The van der Waals surface area contributed by atoms with Crippen LogP contribution < -0.4 is 11.1 Å². The summed E-state index contributed by atoms with van der Waals surface area (Å²) < 4.78 is 0. The van der Waals surface area contributed by atoms with E-state index >= 15 is 0 Å². The van der Waals surface area contributed by atoms with Gasteiger partial charge >= 0.3 is 0 Å². The lowest BCUT2D eigenvalue weighted by Crippen LogP contribution is -2.39. The van der Waals surface area contributed by atoms with Crippen LogP contribution in [0, 0.1) is 0 Å². The second-order valence-corrected chi connectivity index (χ2v) is 8.88. The number of aromatic amines is 1. The maximum Gasteiger partial charge on any atom is 0.251 e. The number of carbonyl (C=O) groups is 2. The van der Waals surface area contributed by atoms with E-state index in [0.717, 1.165) is 16.5 Å². The van der Waals surface area contributed by atoms with Gasteiger partial charge in [0.05, 0.1) is 6.42 Å². The van der Waals surface area contributed by atoms with Gasteiger partial charge in [-0.15, -0.1) is 0 Å². The monoisotopic (exact) mass is 454 g/mol. The average molecular weight is 455 g/mol. The Morgan fingerprint density at radius 1 is 0.941 bits per heavy atom. The maximum absolute atomic E-state index is 13.4. The van der Waals surface area contributed by atoms with Gasteiger partial charge in [-0.2, -0.15) is 0 Å². The first-order chi connectivity index (χ1) is 16.3. The molecule has 0 saturated carbocycles. The van der Waals surface area contributed by atoms with Gasteiger partial charge in [-0.05, 0) is 52.9 Å². The Kier molecular flexibility index (Phi) is 6.68. The number of rotatable bonds is 7. The molecule has 0 aliphatic rings. The number of para-hydroxylation sites is 1. The summed E-state index contributed by atoms with van der Waals surface area (Å²) in [6.07, 6.45) is 2.04. The molecule has 2 amide bonds. The number of nitrogens with two attached hydrogens (primary N) is 1. The van der Waals surface area contributed by atoms with Crippen molar-refractivity contribution in [3.63, 3.8) is 0 Å². The second kappa shape index (κ2) is 9.83. The summed E-state index contributed by atoms with van der Waals surface area (Å²) in [6.45, 7) is 4.25. The Hall–Kier alpha value is -4.06. The quantitative estimate of drug-likeness (QED) is 0.333. The van der Waals surface area contributed by atoms with Crippen LogP contribution in [0.4, 0.5) is 11.4 Å². The molecule has 4 aromatic rings. The van der Waals surface area contributed by atoms with E-state index in [1.54, 1.807) is 31.3 Å². The number of H-pyrrole nitrogens is 1. The lowest BCUT2D eigenvalue weighted by molar-refractivity contribution is -0.136. The minimum atomic E-state index is -0.803. The topological polar surface area (TPSA) is 91.2 Å². The third-order valence-corrected chi connectivity index (χ3v) is 6.14. The number of carbonyl (C=O) groups excluding carboxylic acids is 2. The van der Waals surface area contributed by atoms with E-state index in [-0.39, 0.29) is 18.2 Å². The van der Waals surface area contributed by atoms with Gasteiger partial charge in [0, 0.05) is 35.5 Å². The van der Waals surface area contributed by atoms with Crippen molar-refractivity contribution in [2.75, 3.05) is 18.1 Å². The van der Waals surface area contributed by atoms with Crippen molar-refractivity contribution >= 4 is 34.1 Å². The molecule has 0 bridgehead atoms. The van der Waals surface area contributed by atoms with E-state index in [0.29, 0.717) is 22.9 Å². The van der Waals surface area contributed by atoms with Crippen LogP contribution in [0.2, 0.25) is 0 Å². The van der Waals surface area contributed by atoms with E-state index in [4.69, 9.17) is 5.73 Å². The standard InChI is InChI=1S/C28H30N4O2/c1-18(2)19-10-14-23(15-11-19)31-28(34)27(20-8-12-22(29)13-9-20)32(3)26(33)16-21-17-30-25-7-5-4-6-24(21)25/h4-15,17-18,27,30H,16,29H2,1-3H3,(H,31,34). The molecule has 0 aliphatic heterocycles. The van der Waals surface area contributed by atoms with Gasteiger partial charge in [0.15, 0.2) is 0 Å². The molecule has 6 nitrogen and oxygen atoms in total. The number of fused-ring (bicyclic) bond motifs is 1. The highest BCUT2D eigenvalue weighted by atomic mass is 16.2. The fourth-order valence-electron chi connectivity index (χ4n) is 4.10. The molecule has 34 heavy (non-hydrogen) atoms. The third-order valence-electron chi connectivity index (χ3n) is 6.14. The molecule has 1 atom stereocenters. The van der Waals surface area contributed by atoms with E-state index in [1.807, 2.05) is 54.7 Å². The van der Waals surface area contributed by atoms with Crippen LogP contribution in [0.15, 0.2) is 79.0 Å². The number of hydrogen-bond acceptors (Lipinski definition) is 3. The number of hydrogen-bond donors (Lipinski definition) is 3. The van der Waals surface area contributed by atoms with E-state index < -0.39 is 6.04 Å². The number of aromatic nitrogens is 1. The van der Waals surface area contributed by atoms with Gasteiger partial charge < -0.3 is 20.9 Å². The van der Waals surface area contributed by atoms with Gasteiger partial charge in [-0.1, -0.05) is 56.3 Å². The molecule has 174 valence electrons. The fourth-order valence-corrected chi connectivity index (χ4v) is 4.10. The van der Waals surface area contributed by atoms with E-state index in [1.165, 1.54) is 10.5 Å². The van der Waals surface area contributed by atoms with Gasteiger partial charge in [0.25, 0.3) is 5.91 Å². The van der Waals surface area contributed by atoms with Crippen LogP contribution in [0.25, 0.3) is 10.9 Å². The number of nitrogens with zero attached hydrogens (tertiary/aromatic N) is 1. The smallest absolute Gasteiger partial charge is 0.251 e. The van der Waals surface area contributed by atoms with E-state index in [9.17, 15) is 9.59 Å². The van der Waals surface area contributed by atoms with Gasteiger partial charge in [-0.3, -0.25) is 9.59 Å². The summed E-state index contributed by atoms with van der Waals surface area (Å²) in [6, 6.07) is 21.9. The van der Waals surface area contributed by atoms with Crippen molar-refractivity contribution in [3.8, 4) is 0 Å². The summed E-state index contributed by atoms with van der Waals surface area (Å²) in [5.41, 5.74) is 10.9. The van der Waals surface area contributed by atoms with E-state index in [2.05, 4.69) is 24.1 Å². The molecule has 0 spiro atoms. The number of nitrogen functional groups attached to an aromatic ring is 1. The van der Waals surface area contributed by atoms with Gasteiger partial charge in [0.2, 0.25) is 5.91 Å². The van der Waals surface area contributed by atoms with Crippen molar-refractivity contribution in [1.82, 2.24) is 9.88 Å². The molecule has 0 saturated heterocycles.